The van der Waals surface area contributed by atoms with Gasteiger partial charge in [0.1, 0.15) is 5.82 Å². The second kappa shape index (κ2) is 6.82. The zero-order valence-electron chi connectivity index (χ0n) is 12.9. The maximum Gasteiger partial charge on any atom is 0.174 e. The number of thiophene rings is 1. The van der Waals surface area contributed by atoms with E-state index >= 15 is 0 Å². The van der Waals surface area contributed by atoms with E-state index in [-0.39, 0.29) is 17.9 Å². The van der Waals surface area contributed by atoms with Gasteiger partial charge in [0, 0.05) is 20.9 Å². The van der Waals surface area contributed by atoms with Gasteiger partial charge in [0.05, 0.1) is 23.5 Å². The van der Waals surface area contributed by atoms with Crippen molar-refractivity contribution in [3.8, 4) is 0 Å². The van der Waals surface area contributed by atoms with E-state index in [9.17, 15) is 4.39 Å². The van der Waals surface area contributed by atoms with Crippen molar-refractivity contribution in [2.24, 2.45) is 0 Å². The van der Waals surface area contributed by atoms with Gasteiger partial charge < -0.3 is 10.2 Å². The number of rotatable bonds is 3. The summed E-state index contributed by atoms with van der Waals surface area (Å²) in [4.78, 5) is 7.41. The molecule has 3 aromatic rings. The highest BCUT2D eigenvalue weighted by atomic mass is 79.9. The fourth-order valence-electron chi connectivity index (χ4n) is 3.03. The summed E-state index contributed by atoms with van der Waals surface area (Å²) in [6, 6.07) is 14.2. The number of halogens is 2. The van der Waals surface area contributed by atoms with Crippen molar-refractivity contribution in [2.75, 3.05) is 4.90 Å². The average molecular weight is 434 g/mol. The third-order valence-corrected chi connectivity index (χ3v) is 6.17. The van der Waals surface area contributed by atoms with Crippen LogP contribution in [0.4, 0.5) is 10.1 Å². The van der Waals surface area contributed by atoms with Crippen molar-refractivity contribution in [3.05, 3.63) is 81.0 Å². The third kappa shape index (κ3) is 3.07. The normalized spacial score (nSPS) is 19.9. The Morgan fingerprint density at radius 2 is 2.00 bits per heavy atom. The molecule has 3 heterocycles. The summed E-state index contributed by atoms with van der Waals surface area (Å²) in [6.07, 6.45) is 1.76. The molecule has 0 radical (unpaired) electrons. The molecule has 1 aromatic carbocycles. The molecule has 2 aromatic heterocycles. The monoisotopic (exact) mass is 433 g/mol. The number of thiocarbonyl (C=S) groups is 1. The van der Waals surface area contributed by atoms with Gasteiger partial charge in [0.2, 0.25) is 0 Å². The Kier molecular flexibility index (Phi) is 4.54. The van der Waals surface area contributed by atoms with Crippen LogP contribution in [0.15, 0.2) is 64.6 Å². The number of para-hydroxylation sites is 1. The van der Waals surface area contributed by atoms with Crippen molar-refractivity contribution in [1.82, 2.24) is 10.3 Å². The van der Waals surface area contributed by atoms with Crippen molar-refractivity contribution in [3.63, 3.8) is 0 Å². The number of nitrogens with zero attached hydrogens (tertiary/aromatic N) is 2. The molecule has 4 rings (SSSR count). The molecule has 1 aliphatic heterocycles. The smallest absolute Gasteiger partial charge is 0.174 e. The van der Waals surface area contributed by atoms with Crippen LogP contribution < -0.4 is 10.2 Å². The Bertz CT molecular complexity index is 915. The Labute approximate surface area is 162 Å². The first-order chi connectivity index (χ1) is 12.1. The summed E-state index contributed by atoms with van der Waals surface area (Å²) in [5.41, 5.74) is 1.34. The molecule has 0 saturated carbocycles. The highest BCUT2D eigenvalue weighted by molar-refractivity contribution is 9.10. The molecule has 0 unspecified atom stereocenters. The first kappa shape index (κ1) is 16.6. The van der Waals surface area contributed by atoms with Gasteiger partial charge in [-0.1, -0.05) is 18.2 Å². The molecule has 0 spiro atoms. The zero-order chi connectivity index (χ0) is 17.4. The van der Waals surface area contributed by atoms with E-state index in [0.717, 1.165) is 15.0 Å². The minimum Gasteiger partial charge on any atom is -0.351 e. The number of aromatic nitrogens is 1. The predicted octanol–water partition coefficient (Wildman–Crippen LogP) is 5.22. The summed E-state index contributed by atoms with van der Waals surface area (Å²) < 4.78 is 15.5. The molecule has 25 heavy (non-hydrogen) atoms. The van der Waals surface area contributed by atoms with E-state index in [4.69, 9.17) is 12.2 Å². The first-order valence-electron chi connectivity index (χ1n) is 7.64. The van der Waals surface area contributed by atoms with Gasteiger partial charge in [-0.2, -0.15) is 0 Å². The number of pyridine rings is 1. The van der Waals surface area contributed by atoms with Gasteiger partial charge in [-0.25, -0.2) is 4.39 Å². The fraction of sp³-hybridized carbons (Fsp3) is 0.111. The maximum atomic E-state index is 14.5. The number of anilines is 1. The molecule has 1 N–H and O–H groups in total. The quantitative estimate of drug-likeness (QED) is 0.572. The molecule has 0 amide bonds. The Morgan fingerprint density at radius 3 is 2.68 bits per heavy atom. The number of hydrogen-bond donors (Lipinski definition) is 1. The lowest BCUT2D eigenvalue weighted by atomic mass is 10.0. The van der Waals surface area contributed by atoms with Crippen molar-refractivity contribution < 1.29 is 4.39 Å². The van der Waals surface area contributed by atoms with Crippen LogP contribution in [0.25, 0.3) is 0 Å². The molecule has 0 bridgehead atoms. The summed E-state index contributed by atoms with van der Waals surface area (Å²) in [6.45, 7) is 0. The SMILES string of the molecule is Fc1ccccc1N1C(=S)N[C@H](c2ccccn2)[C@@H]1c1cc(Br)cs1. The number of nitrogens with one attached hydrogen (secondary N) is 1. The average Bonchev–Trinajstić information content (AvgIpc) is 3.19. The molecule has 1 aliphatic rings. The van der Waals surface area contributed by atoms with Gasteiger partial charge >= 0.3 is 0 Å². The molecule has 1 saturated heterocycles. The summed E-state index contributed by atoms with van der Waals surface area (Å²) in [7, 11) is 0. The lowest BCUT2D eigenvalue weighted by Gasteiger charge is -2.27. The van der Waals surface area contributed by atoms with E-state index < -0.39 is 0 Å². The van der Waals surface area contributed by atoms with Crippen LogP contribution in [0.5, 0.6) is 0 Å². The zero-order valence-corrected chi connectivity index (χ0v) is 16.1. The first-order valence-corrected chi connectivity index (χ1v) is 9.72. The predicted molar refractivity (Wildman–Crippen MR) is 106 cm³/mol. The van der Waals surface area contributed by atoms with Crippen molar-refractivity contribution in [1.29, 1.82) is 0 Å². The standard InChI is InChI=1S/C18H13BrFN3S2/c19-11-9-15(25-10-11)17-16(13-6-3-4-8-21-13)22-18(24)23(17)14-7-2-1-5-12(14)20/h1-10,16-17H,(H,22,24)/t16-,17+/m1/s1. The van der Waals surface area contributed by atoms with Crippen LogP contribution in [0.3, 0.4) is 0 Å². The van der Waals surface area contributed by atoms with E-state index in [2.05, 4.69) is 32.3 Å². The van der Waals surface area contributed by atoms with Crippen LogP contribution in [0.2, 0.25) is 0 Å². The third-order valence-electron chi connectivity index (χ3n) is 4.09. The van der Waals surface area contributed by atoms with Crippen LogP contribution in [0.1, 0.15) is 22.7 Å². The topological polar surface area (TPSA) is 28.2 Å². The molecule has 126 valence electrons. The highest BCUT2D eigenvalue weighted by Crippen LogP contribution is 2.44. The lowest BCUT2D eigenvalue weighted by Crippen LogP contribution is -2.29. The van der Waals surface area contributed by atoms with E-state index in [1.54, 1.807) is 29.7 Å². The number of benzene rings is 1. The molecule has 7 heteroatoms. The van der Waals surface area contributed by atoms with Crippen molar-refractivity contribution >= 4 is 50.3 Å². The van der Waals surface area contributed by atoms with Gasteiger partial charge in [-0.05, 0) is 58.5 Å². The minimum atomic E-state index is -0.297. The van der Waals surface area contributed by atoms with Crippen LogP contribution in [0, 0.1) is 5.82 Å². The second-order valence-electron chi connectivity index (χ2n) is 5.62. The fourth-order valence-corrected chi connectivity index (χ4v) is 4.94. The molecular weight excluding hydrogens is 421 g/mol. The van der Waals surface area contributed by atoms with Crippen LogP contribution in [-0.2, 0) is 0 Å². The Morgan fingerprint density at radius 1 is 1.20 bits per heavy atom. The maximum absolute atomic E-state index is 14.5. The molecule has 2 atom stereocenters. The van der Waals surface area contributed by atoms with Gasteiger partial charge in [-0.15, -0.1) is 11.3 Å². The molecular formula is C18H13BrFN3S2. The van der Waals surface area contributed by atoms with E-state index in [1.807, 2.05) is 34.5 Å². The Balaban J connectivity index is 1.85. The summed E-state index contributed by atoms with van der Waals surface area (Å²) in [5.74, 6) is -0.297. The summed E-state index contributed by atoms with van der Waals surface area (Å²) >= 11 is 10.7. The van der Waals surface area contributed by atoms with Gasteiger partial charge in [0.15, 0.2) is 5.11 Å². The van der Waals surface area contributed by atoms with Crippen LogP contribution >= 0.6 is 39.5 Å². The molecule has 3 nitrogen and oxygen atoms in total. The Hall–Kier alpha value is -1.83. The van der Waals surface area contributed by atoms with E-state index in [0.29, 0.717) is 10.8 Å². The molecule has 1 fully saturated rings. The van der Waals surface area contributed by atoms with Gasteiger partial charge in [-0.3, -0.25) is 4.98 Å². The molecule has 0 aliphatic carbocycles. The largest absolute Gasteiger partial charge is 0.351 e. The number of hydrogen-bond acceptors (Lipinski definition) is 3. The second-order valence-corrected chi connectivity index (χ2v) is 7.86. The van der Waals surface area contributed by atoms with Crippen molar-refractivity contribution in [2.45, 2.75) is 12.1 Å². The van der Waals surface area contributed by atoms with Gasteiger partial charge in [0.25, 0.3) is 0 Å². The highest BCUT2D eigenvalue weighted by Gasteiger charge is 2.42. The van der Waals surface area contributed by atoms with Crippen LogP contribution in [-0.4, -0.2) is 10.1 Å². The summed E-state index contributed by atoms with van der Waals surface area (Å²) in [5, 5.41) is 5.84. The minimum absolute atomic E-state index is 0.154. The van der Waals surface area contributed by atoms with E-state index in [1.165, 1.54) is 6.07 Å². The lowest BCUT2D eigenvalue weighted by molar-refractivity contribution is 0.564.